The van der Waals surface area contributed by atoms with E-state index in [1.807, 2.05) is 24.1 Å². The standard InChI is InChI=1S/C13H22N2O2S3/c1-2-14-10-12-13(6-8-19-12)20(16,17)15-9-11-5-3-4-7-18-11/h6,8,11,14-15H,2-5,7,9-10H2,1H3. The van der Waals surface area contributed by atoms with Gasteiger partial charge in [-0.2, -0.15) is 11.8 Å². The quantitative estimate of drug-likeness (QED) is 0.804. The summed E-state index contributed by atoms with van der Waals surface area (Å²) in [6.07, 6.45) is 3.58. The van der Waals surface area contributed by atoms with E-state index in [2.05, 4.69) is 10.0 Å². The Morgan fingerprint density at radius 1 is 1.40 bits per heavy atom. The average molecular weight is 335 g/mol. The number of hydrogen-bond acceptors (Lipinski definition) is 5. The fourth-order valence-electron chi connectivity index (χ4n) is 2.18. The van der Waals surface area contributed by atoms with Gasteiger partial charge in [0.1, 0.15) is 0 Å². The largest absolute Gasteiger partial charge is 0.312 e. The summed E-state index contributed by atoms with van der Waals surface area (Å²) >= 11 is 3.37. The lowest BCUT2D eigenvalue weighted by Gasteiger charge is -2.21. The van der Waals surface area contributed by atoms with Gasteiger partial charge in [-0.3, -0.25) is 0 Å². The molecule has 1 atom stereocenters. The van der Waals surface area contributed by atoms with E-state index < -0.39 is 10.0 Å². The molecule has 2 heterocycles. The molecular weight excluding hydrogens is 312 g/mol. The minimum Gasteiger partial charge on any atom is -0.312 e. The highest BCUT2D eigenvalue weighted by atomic mass is 32.2. The Morgan fingerprint density at radius 2 is 2.25 bits per heavy atom. The molecule has 0 spiro atoms. The van der Waals surface area contributed by atoms with E-state index in [4.69, 9.17) is 0 Å². The van der Waals surface area contributed by atoms with Crippen LogP contribution >= 0.6 is 23.1 Å². The second-order valence-corrected chi connectivity index (χ2v) is 8.97. The maximum absolute atomic E-state index is 12.4. The van der Waals surface area contributed by atoms with Gasteiger partial charge in [0.05, 0.1) is 4.90 Å². The molecule has 1 aliphatic heterocycles. The lowest BCUT2D eigenvalue weighted by atomic mass is 10.2. The van der Waals surface area contributed by atoms with Crippen molar-refractivity contribution in [2.75, 3.05) is 18.8 Å². The molecule has 7 heteroatoms. The molecular formula is C13H22N2O2S3. The van der Waals surface area contributed by atoms with Crippen molar-refractivity contribution in [2.24, 2.45) is 0 Å². The highest BCUT2D eigenvalue weighted by Crippen LogP contribution is 2.26. The van der Waals surface area contributed by atoms with Crippen LogP contribution in [0.25, 0.3) is 0 Å². The molecule has 0 aliphatic carbocycles. The van der Waals surface area contributed by atoms with Crippen molar-refractivity contribution in [3.63, 3.8) is 0 Å². The topological polar surface area (TPSA) is 58.2 Å². The highest BCUT2D eigenvalue weighted by Gasteiger charge is 2.22. The van der Waals surface area contributed by atoms with Crippen LogP contribution in [-0.2, 0) is 16.6 Å². The van der Waals surface area contributed by atoms with Crippen LogP contribution in [0.15, 0.2) is 16.3 Å². The maximum atomic E-state index is 12.4. The number of rotatable bonds is 7. The number of nitrogens with one attached hydrogen (secondary N) is 2. The molecule has 1 unspecified atom stereocenters. The van der Waals surface area contributed by atoms with Crippen LogP contribution in [-0.4, -0.2) is 32.5 Å². The second kappa shape index (κ2) is 7.79. The zero-order chi connectivity index (χ0) is 14.4. The van der Waals surface area contributed by atoms with Crippen molar-refractivity contribution in [1.82, 2.24) is 10.0 Å². The molecule has 0 amide bonds. The molecule has 1 aromatic heterocycles. The lowest BCUT2D eigenvalue weighted by molar-refractivity contribution is 0.572. The normalized spacial score (nSPS) is 20.1. The number of thioether (sulfide) groups is 1. The van der Waals surface area contributed by atoms with E-state index in [-0.39, 0.29) is 0 Å². The molecule has 1 fully saturated rings. The Morgan fingerprint density at radius 3 is 2.95 bits per heavy atom. The second-order valence-electron chi connectivity index (χ2n) is 4.83. The molecule has 1 aliphatic rings. The van der Waals surface area contributed by atoms with Crippen LogP contribution in [0.4, 0.5) is 0 Å². The third-order valence-corrected chi connectivity index (χ3v) is 7.26. The van der Waals surface area contributed by atoms with Crippen LogP contribution in [0.2, 0.25) is 0 Å². The summed E-state index contributed by atoms with van der Waals surface area (Å²) in [6.45, 7) is 4.01. The third-order valence-electron chi connectivity index (χ3n) is 3.30. The Balaban J connectivity index is 1.97. The average Bonchev–Trinajstić information content (AvgIpc) is 2.93. The van der Waals surface area contributed by atoms with E-state index >= 15 is 0 Å². The van der Waals surface area contributed by atoms with Gasteiger partial charge in [0.2, 0.25) is 10.0 Å². The summed E-state index contributed by atoms with van der Waals surface area (Å²) in [6, 6.07) is 1.70. The van der Waals surface area contributed by atoms with Gasteiger partial charge in [0, 0.05) is 23.2 Å². The Kier molecular flexibility index (Phi) is 6.35. The minimum absolute atomic E-state index is 0.425. The minimum atomic E-state index is -3.37. The fraction of sp³-hybridized carbons (Fsp3) is 0.692. The lowest BCUT2D eigenvalue weighted by Crippen LogP contribution is -2.32. The summed E-state index contributed by atoms with van der Waals surface area (Å²) in [4.78, 5) is 1.32. The zero-order valence-corrected chi connectivity index (χ0v) is 14.2. The van der Waals surface area contributed by atoms with Crippen LogP contribution in [0.1, 0.15) is 31.1 Å². The molecule has 4 nitrogen and oxygen atoms in total. The molecule has 1 aromatic rings. The van der Waals surface area contributed by atoms with E-state index in [0.717, 1.165) is 23.6 Å². The third kappa shape index (κ3) is 4.46. The van der Waals surface area contributed by atoms with E-state index in [9.17, 15) is 8.42 Å². The summed E-state index contributed by atoms with van der Waals surface area (Å²) in [5.74, 6) is 1.15. The smallest absolute Gasteiger partial charge is 0.241 e. The van der Waals surface area contributed by atoms with Crippen molar-refractivity contribution >= 4 is 33.1 Å². The van der Waals surface area contributed by atoms with Crippen molar-refractivity contribution < 1.29 is 8.42 Å². The van der Waals surface area contributed by atoms with Crippen molar-refractivity contribution in [3.8, 4) is 0 Å². The predicted octanol–water partition coefficient (Wildman–Crippen LogP) is 2.42. The molecule has 2 N–H and O–H groups in total. The first-order chi connectivity index (χ1) is 9.63. The molecule has 0 radical (unpaired) electrons. The number of thiophene rings is 1. The van der Waals surface area contributed by atoms with Gasteiger partial charge in [0.15, 0.2) is 0 Å². The number of sulfonamides is 1. The van der Waals surface area contributed by atoms with Gasteiger partial charge in [-0.1, -0.05) is 13.3 Å². The molecule has 0 saturated carbocycles. The first kappa shape index (κ1) is 16.3. The van der Waals surface area contributed by atoms with Gasteiger partial charge < -0.3 is 5.32 Å². The molecule has 0 aromatic carbocycles. The zero-order valence-electron chi connectivity index (χ0n) is 11.7. The Hall–Kier alpha value is -0.0800. The van der Waals surface area contributed by atoms with Crippen LogP contribution in [0.5, 0.6) is 0 Å². The fourth-order valence-corrected chi connectivity index (χ4v) is 6.02. The molecule has 1 saturated heterocycles. The van der Waals surface area contributed by atoms with E-state index in [1.165, 1.54) is 24.2 Å². The van der Waals surface area contributed by atoms with E-state index in [0.29, 0.717) is 23.2 Å². The first-order valence-electron chi connectivity index (χ1n) is 7.02. The van der Waals surface area contributed by atoms with Crippen molar-refractivity contribution in [2.45, 2.75) is 42.9 Å². The summed E-state index contributed by atoms with van der Waals surface area (Å²) in [7, 11) is -3.37. The van der Waals surface area contributed by atoms with E-state index in [1.54, 1.807) is 6.07 Å². The van der Waals surface area contributed by atoms with Crippen LogP contribution in [0, 0.1) is 0 Å². The summed E-state index contributed by atoms with van der Waals surface area (Å²) < 4.78 is 27.5. The molecule has 0 bridgehead atoms. The van der Waals surface area contributed by atoms with Crippen LogP contribution < -0.4 is 10.0 Å². The van der Waals surface area contributed by atoms with Crippen molar-refractivity contribution in [3.05, 3.63) is 16.3 Å². The van der Waals surface area contributed by atoms with Gasteiger partial charge >= 0.3 is 0 Å². The maximum Gasteiger partial charge on any atom is 0.241 e. The highest BCUT2D eigenvalue weighted by molar-refractivity contribution is 8.00. The van der Waals surface area contributed by atoms with Crippen molar-refractivity contribution in [1.29, 1.82) is 0 Å². The molecule has 20 heavy (non-hydrogen) atoms. The first-order valence-corrected chi connectivity index (χ1v) is 10.4. The monoisotopic (exact) mass is 334 g/mol. The Labute approximate surface area is 129 Å². The van der Waals surface area contributed by atoms with Gasteiger partial charge in [-0.15, -0.1) is 11.3 Å². The van der Waals surface area contributed by atoms with Gasteiger partial charge in [-0.25, -0.2) is 13.1 Å². The number of hydrogen-bond donors (Lipinski definition) is 2. The summed E-state index contributed by atoms with van der Waals surface area (Å²) in [5, 5.41) is 5.45. The van der Waals surface area contributed by atoms with Gasteiger partial charge in [0.25, 0.3) is 0 Å². The molecule has 114 valence electrons. The van der Waals surface area contributed by atoms with Gasteiger partial charge in [-0.05, 0) is 36.6 Å². The predicted molar refractivity (Wildman–Crippen MR) is 87.0 cm³/mol. The molecule has 2 rings (SSSR count). The Bertz CT molecular complexity index is 507. The SMILES string of the molecule is CCNCc1sccc1S(=O)(=O)NCC1CCCCS1. The van der Waals surface area contributed by atoms with Crippen LogP contribution in [0.3, 0.4) is 0 Å². The summed E-state index contributed by atoms with van der Waals surface area (Å²) in [5.41, 5.74) is 0.